The number of nitrogens with one attached hydrogen (secondary N) is 1. The van der Waals surface area contributed by atoms with Crippen LogP contribution in [0.15, 0.2) is 24.3 Å². The largest absolute Gasteiger partial charge is 0.364 e. The Bertz CT molecular complexity index is 891. The van der Waals surface area contributed by atoms with Gasteiger partial charge in [0.25, 0.3) is 5.91 Å². The first-order chi connectivity index (χ1) is 14.5. The summed E-state index contributed by atoms with van der Waals surface area (Å²) < 4.78 is 29.7. The molecule has 30 heavy (non-hydrogen) atoms. The lowest BCUT2D eigenvalue weighted by atomic mass is 10.0. The number of piperidine rings is 1. The van der Waals surface area contributed by atoms with Crippen LogP contribution in [0.4, 0.5) is 10.1 Å². The summed E-state index contributed by atoms with van der Waals surface area (Å²) in [7, 11) is 0. The van der Waals surface area contributed by atoms with Crippen molar-refractivity contribution in [2.75, 3.05) is 38.2 Å². The van der Waals surface area contributed by atoms with E-state index < -0.39 is 11.7 Å². The Morgan fingerprint density at radius 3 is 2.57 bits per heavy atom. The third-order valence-corrected chi connectivity index (χ3v) is 5.80. The van der Waals surface area contributed by atoms with Gasteiger partial charge in [0.05, 0.1) is 13.2 Å². The van der Waals surface area contributed by atoms with Crippen LogP contribution >= 0.6 is 11.3 Å². The van der Waals surface area contributed by atoms with Gasteiger partial charge in [-0.3, -0.25) is 9.59 Å². The molecular formula is C19H21FN4O5S. The number of ether oxygens (including phenoxy) is 3. The number of anilines is 1. The van der Waals surface area contributed by atoms with E-state index in [-0.39, 0.29) is 29.9 Å². The number of hydrogen-bond acceptors (Lipinski definition) is 8. The Labute approximate surface area is 176 Å². The molecule has 11 heteroatoms. The van der Waals surface area contributed by atoms with Gasteiger partial charge in [-0.15, -0.1) is 10.2 Å². The lowest BCUT2D eigenvalue weighted by molar-refractivity contribution is -0.188. The van der Waals surface area contributed by atoms with Gasteiger partial charge in [0.1, 0.15) is 24.0 Å². The zero-order valence-corrected chi connectivity index (χ0v) is 17.0. The van der Waals surface area contributed by atoms with Gasteiger partial charge < -0.3 is 24.4 Å². The monoisotopic (exact) mass is 436 g/mol. The second-order valence-corrected chi connectivity index (χ2v) is 8.01. The number of nitrogens with zero attached hydrogens (tertiary/aromatic N) is 3. The minimum absolute atomic E-state index is 0.0780. The average Bonchev–Trinajstić information content (AvgIpc) is 3.40. The predicted molar refractivity (Wildman–Crippen MR) is 104 cm³/mol. The zero-order chi connectivity index (χ0) is 21.0. The highest BCUT2D eigenvalue weighted by Gasteiger charge is 2.40. The van der Waals surface area contributed by atoms with E-state index >= 15 is 0 Å². The van der Waals surface area contributed by atoms with Gasteiger partial charge in [0.2, 0.25) is 10.9 Å². The normalized spacial score (nSPS) is 18.0. The Morgan fingerprint density at radius 2 is 1.87 bits per heavy atom. The van der Waals surface area contributed by atoms with E-state index in [2.05, 4.69) is 15.5 Å². The molecule has 2 amide bonds. The maximum atomic E-state index is 12.9. The number of rotatable bonds is 6. The van der Waals surface area contributed by atoms with E-state index in [0.717, 1.165) is 11.3 Å². The minimum Gasteiger partial charge on any atom is -0.364 e. The standard InChI is InChI=1S/C19H21FN4O5S/c20-13-1-3-14(4-2-13)21-17(26)18-23-22-15(30-18)11-27-12-16(25)24-7-5-19(6-8-24)28-9-10-29-19/h1-4H,5-12H2,(H,21,26). The van der Waals surface area contributed by atoms with E-state index in [0.29, 0.717) is 49.8 Å². The number of hydrogen-bond donors (Lipinski definition) is 1. The fraction of sp³-hybridized carbons (Fsp3) is 0.474. The van der Waals surface area contributed by atoms with E-state index in [1.807, 2.05) is 0 Å². The molecule has 9 nitrogen and oxygen atoms in total. The van der Waals surface area contributed by atoms with Crippen LogP contribution in [-0.4, -0.2) is 65.6 Å². The van der Waals surface area contributed by atoms with Crippen LogP contribution in [0.25, 0.3) is 0 Å². The lowest BCUT2D eigenvalue weighted by Crippen LogP contribution is -2.48. The molecule has 1 spiro atoms. The molecule has 0 unspecified atom stereocenters. The molecule has 160 valence electrons. The summed E-state index contributed by atoms with van der Waals surface area (Å²) in [6.45, 7) is 2.33. The van der Waals surface area contributed by atoms with E-state index in [1.54, 1.807) is 4.90 Å². The molecule has 0 atom stereocenters. The Balaban J connectivity index is 1.20. The molecule has 2 aliphatic heterocycles. The van der Waals surface area contributed by atoms with Gasteiger partial charge in [0.15, 0.2) is 5.79 Å². The van der Waals surface area contributed by atoms with Crippen molar-refractivity contribution in [1.82, 2.24) is 15.1 Å². The molecule has 4 rings (SSSR count). The first-order valence-corrected chi connectivity index (χ1v) is 10.4. The number of halogens is 1. The van der Waals surface area contributed by atoms with Crippen LogP contribution < -0.4 is 5.32 Å². The summed E-state index contributed by atoms with van der Waals surface area (Å²) in [6.07, 6.45) is 1.31. The minimum atomic E-state index is -0.519. The highest BCUT2D eigenvalue weighted by atomic mass is 32.1. The predicted octanol–water partition coefficient (Wildman–Crippen LogP) is 1.81. The molecule has 0 radical (unpaired) electrons. The number of likely N-dealkylation sites (tertiary alicyclic amines) is 1. The second-order valence-electron chi connectivity index (χ2n) is 6.94. The number of carbonyl (C=O) groups is 2. The molecule has 2 saturated heterocycles. The fourth-order valence-corrected chi connectivity index (χ4v) is 3.99. The van der Waals surface area contributed by atoms with Gasteiger partial charge in [-0.2, -0.15) is 0 Å². The van der Waals surface area contributed by atoms with E-state index in [9.17, 15) is 14.0 Å². The number of aromatic nitrogens is 2. The molecule has 1 aromatic heterocycles. The van der Waals surface area contributed by atoms with Crippen molar-refractivity contribution in [3.05, 3.63) is 40.1 Å². The summed E-state index contributed by atoms with van der Waals surface area (Å²) in [5.41, 5.74) is 0.455. The first kappa shape index (κ1) is 20.8. The molecule has 0 saturated carbocycles. The van der Waals surface area contributed by atoms with Crippen LogP contribution in [0, 0.1) is 5.82 Å². The second kappa shape index (κ2) is 9.13. The first-order valence-electron chi connectivity index (χ1n) is 9.56. The van der Waals surface area contributed by atoms with Gasteiger partial charge in [-0.1, -0.05) is 11.3 Å². The van der Waals surface area contributed by atoms with Gasteiger partial charge in [0, 0.05) is 31.6 Å². The highest BCUT2D eigenvalue weighted by molar-refractivity contribution is 7.13. The van der Waals surface area contributed by atoms with Crippen LogP contribution in [0.3, 0.4) is 0 Å². The van der Waals surface area contributed by atoms with Crippen LogP contribution in [-0.2, 0) is 25.6 Å². The summed E-state index contributed by atoms with van der Waals surface area (Å²) in [4.78, 5) is 26.3. The van der Waals surface area contributed by atoms with Crippen molar-refractivity contribution in [1.29, 1.82) is 0 Å². The number of amides is 2. The van der Waals surface area contributed by atoms with Crippen LogP contribution in [0.2, 0.25) is 0 Å². The quantitative estimate of drug-likeness (QED) is 0.737. The Morgan fingerprint density at radius 1 is 1.17 bits per heavy atom. The van der Waals surface area contributed by atoms with E-state index in [4.69, 9.17) is 14.2 Å². The highest BCUT2D eigenvalue weighted by Crippen LogP contribution is 2.31. The average molecular weight is 436 g/mol. The third-order valence-electron chi connectivity index (χ3n) is 4.91. The molecule has 1 N–H and O–H groups in total. The molecule has 1 aromatic carbocycles. The molecule has 2 fully saturated rings. The maximum Gasteiger partial charge on any atom is 0.286 e. The number of carbonyl (C=O) groups excluding carboxylic acids is 2. The van der Waals surface area contributed by atoms with Gasteiger partial charge in [-0.05, 0) is 24.3 Å². The van der Waals surface area contributed by atoms with E-state index in [1.165, 1.54) is 24.3 Å². The van der Waals surface area contributed by atoms with Gasteiger partial charge in [-0.25, -0.2) is 4.39 Å². The summed E-state index contributed by atoms with van der Waals surface area (Å²) >= 11 is 1.07. The summed E-state index contributed by atoms with van der Waals surface area (Å²) in [5, 5.41) is 11.0. The van der Waals surface area contributed by atoms with Crippen molar-refractivity contribution in [2.45, 2.75) is 25.2 Å². The fourth-order valence-electron chi connectivity index (χ4n) is 3.32. The van der Waals surface area contributed by atoms with Crippen molar-refractivity contribution in [3.63, 3.8) is 0 Å². The molecule has 3 heterocycles. The Kier molecular flexibility index (Phi) is 6.32. The van der Waals surface area contributed by atoms with Crippen LogP contribution in [0.1, 0.15) is 27.7 Å². The summed E-state index contributed by atoms with van der Waals surface area (Å²) in [6, 6.07) is 5.42. The maximum absolute atomic E-state index is 12.9. The molecule has 2 aliphatic rings. The van der Waals surface area contributed by atoms with Crippen molar-refractivity contribution in [2.24, 2.45) is 0 Å². The zero-order valence-electron chi connectivity index (χ0n) is 16.1. The van der Waals surface area contributed by atoms with Gasteiger partial charge >= 0.3 is 0 Å². The molecule has 0 bridgehead atoms. The molecule has 0 aliphatic carbocycles. The molecular weight excluding hydrogens is 415 g/mol. The smallest absolute Gasteiger partial charge is 0.286 e. The van der Waals surface area contributed by atoms with Crippen molar-refractivity contribution >= 4 is 28.8 Å². The summed E-state index contributed by atoms with van der Waals surface area (Å²) in [5.74, 6) is -1.46. The van der Waals surface area contributed by atoms with Crippen LogP contribution in [0.5, 0.6) is 0 Å². The molecule has 2 aromatic rings. The SMILES string of the molecule is O=C(Nc1ccc(F)cc1)c1nnc(COCC(=O)N2CCC3(CC2)OCCO3)s1. The third kappa shape index (κ3) is 4.98. The Hall–Kier alpha value is -2.47. The topological polar surface area (TPSA) is 103 Å². The van der Waals surface area contributed by atoms with Crippen molar-refractivity contribution < 1.29 is 28.2 Å². The number of benzene rings is 1. The van der Waals surface area contributed by atoms with Crippen molar-refractivity contribution in [3.8, 4) is 0 Å². The lowest BCUT2D eigenvalue weighted by Gasteiger charge is -2.37.